The quantitative estimate of drug-likeness (QED) is 0.688. The Morgan fingerprint density at radius 1 is 0.808 bits per heavy atom. The molecule has 0 aliphatic carbocycles. The van der Waals surface area contributed by atoms with E-state index in [1.54, 1.807) is 30.3 Å². The fourth-order valence-electron chi connectivity index (χ4n) is 2.35. The zero-order valence-corrected chi connectivity index (χ0v) is 14.1. The predicted octanol–water partition coefficient (Wildman–Crippen LogP) is 4.00. The van der Waals surface area contributed by atoms with Gasteiger partial charge in [-0.3, -0.25) is 9.52 Å². The molecular formula is C19H13F2NO3S. The van der Waals surface area contributed by atoms with Gasteiger partial charge in [-0.15, -0.1) is 0 Å². The minimum absolute atomic E-state index is 0.151. The standard InChI is InChI=1S/C19H13F2NO3S/c20-15-8-11-18(17(21)12-15)26(24,25)22-16-9-6-14(7-10-16)19(23)13-4-2-1-3-5-13/h1-12,22H. The van der Waals surface area contributed by atoms with Crippen LogP contribution in [0.5, 0.6) is 0 Å². The first-order valence-electron chi connectivity index (χ1n) is 7.54. The van der Waals surface area contributed by atoms with Crippen molar-refractivity contribution >= 4 is 21.5 Å². The summed E-state index contributed by atoms with van der Waals surface area (Å²) in [5.74, 6) is -2.26. The van der Waals surface area contributed by atoms with Crippen molar-refractivity contribution in [3.63, 3.8) is 0 Å². The molecule has 0 bridgehead atoms. The van der Waals surface area contributed by atoms with Gasteiger partial charge in [0.2, 0.25) is 0 Å². The van der Waals surface area contributed by atoms with E-state index in [0.717, 1.165) is 12.1 Å². The lowest BCUT2D eigenvalue weighted by Gasteiger charge is -2.09. The van der Waals surface area contributed by atoms with Crippen molar-refractivity contribution in [2.75, 3.05) is 4.72 Å². The smallest absolute Gasteiger partial charge is 0.264 e. The molecule has 3 rings (SSSR count). The molecule has 132 valence electrons. The van der Waals surface area contributed by atoms with Crippen LogP contribution in [0.15, 0.2) is 77.7 Å². The number of nitrogens with one attached hydrogen (secondary N) is 1. The molecule has 0 fully saturated rings. The van der Waals surface area contributed by atoms with E-state index < -0.39 is 26.6 Å². The molecular weight excluding hydrogens is 360 g/mol. The van der Waals surface area contributed by atoms with Crippen molar-refractivity contribution in [3.8, 4) is 0 Å². The van der Waals surface area contributed by atoms with Crippen LogP contribution in [0.25, 0.3) is 0 Å². The fourth-order valence-corrected chi connectivity index (χ4v) is 3.47. The van der Waals surface area contributed by atoms with Crippen LogP contribution in [0.1, 0.15) is 15.9 Å². The summed E-state index contributed by atoms with van der Waals surface area (Å²) < 4.78 is 53.3. The summed E-state index contributed by atoms with van der Waals surface area (Å²) in [5, 5.41) is 0. The second-order valence-electron chi connectivity index (χ2n) is 5.45. The van der Waals surface area contributed by atoms with Gasteiger partial charge in [0.1, 0.15) is 16.5 Å². The Balaban J connectivity index is 1.82. The highest BCUT2D eigenvalue weighted by atomic mass is 32.2. The predicted molar refractivity (Wildman–Crippen MR) is 93.5 cm³/mol. The fraction of sp³-hybridized carbons (Fsp3) is 0. The molecule has 7 heteroatoms. The lowest BCUT2D eigenvalue weighted by Crippen LogP contribution is -2.15. The summed E-state index contributed by atoms with van der Waals surface area (Å²) in [5.41, 5.74) is 1.04. The number of anilines is 1. The van der Waals surface area contributed by atoms with Crippen LogP contribution < -0.4 is 4.72 Å². The van der Waals surface area contributed by atoms with E-state index >= 15 is 0 Å². The summed E-state index contributed by atoms with van der Waals surface area (Å²) in [7, 11) is -4.22. The van der Waals surface area contributed by atoms with Crippen LogP contribution in [0.2, 0.25) is 0 Å². The molecule has 0 unspecified atom stereocenters. The number of hydrogen-bond acceptors (Lipinski definition) is 3. The molecule has 0 aliphatic heterocycles. The summed E-state index contributed by atoms with van der Waals surface area (Å²) in [6.07, 6.45) is 0. The zero-order valence-electron chi connectivity index (χ0n) is 13.3. The molecule has 3 aromatic rings. The molecule has 0 saturated heterocycles. The lowest BCUT2D eigenvalue weighted by atomic mass is 10.0. The molecule has 26 heavy (non-hydrogen) atoms. The molecule has 4 nitrogen and oxygen atoms in total. The maximum atomic E-state index is 13.7. The van der Waals surface area contributed by atoms with Gasteiger partial charge in [-0.25, -0.2) is 17.2 Å². The van der Waals surface area contributed by atoms with Gasteiger partial charge in [-0.05, 0) is 36.4 Å². The molecule has 0 amide bonds. The highest BCUT2D eigenvalue weighted by Crippen LogP contribution is 2.20. The number of carbonyl (C=O) groups excluding carboxylic acids is 1. The third-order valence-corrected chi connectivity index (χ3v) is 5.03. The zero-order chi connectivity index (χ0) is 18.7. The Kier molecular flexibility index (Phi) is 4.81. The van der Waals surface area contributed by atoms with E-state index in [0.29, 0.717) is 17.2 Å². The number of rotatable bonds is 5. The lowest BCUT2D eigenvalue weighted by molar-refractivity contribution is 0.103. The second-order valence-corrected chi connectivity index (χ2v) is 7.10. The van der Waals surface area contributed by atoms with Gasteiger partial charge < -0.3 is 0 Å². The second kappa shape index (κ2) is 7.05. The van der Waals surface area contributed by atoms with E-state index in [1.165, 1.54) is 24.3 Å². The van der Waals surface area contributed by atoms with Crippen molar-refractivity contribution in [2.24, 2.45) is 0 Å². The number of halogens is 2. The maximum absolute atomic E-state index is 13.7. The molecule has 3 aromatic carbocycles. The Bertz CT molecular complexity index is 1050. The number of benzene rings is 3. The summed E-state index contributed by atoms with van der Waals surface area (Å²) >= 11 is 0. The van der Waals surface area contributed by atoms with Crippen molar-refractivity contribution in [3.05, 3.63) is 95.6 Å². The van der Waals surface area contributed by atoms with E-state index in [-0.39, 0.29) is 11.5 Å². The number of ketones is 1. The molecule has 0 spiro atoms. The first kappa shape index (κ1) is 17.8. The van der Waals surface area contributed by atoms with Gasteiger partial charge in [0.15, 0.2) is 5.78 Å². The van der Waals surface area contributed by atoms with Gasteiger partial charge in [-0.1, -0.05) is 30.3 Å². The third-order valence-electron chi connectivity index (χ3n) is 3.62. The highest BCUT2D eigenvalue weighted by Gasteiger charge is 2.20. The Morgan fingerprint density at radius 3 is 2.04 bits per heavy atom. The summed E-state index contributed by atoms with van der Waals surface area (Å²) in [6.45, 7) is 0. The molecule has 1 N–H and O–H groups in total. The Hall–Kier alpha value is -3.06. The van der Waals surface area contributed by atoms with Crippen molar-refractivity contribution in [2.45, 2.75) is 4.90 Å². The third kappa shape index (κ3) is 3.78. The van der Waals surface area contributed by atoms with Crippen LogP contribution in [-0.4, -0.2) is 14.2 Å². The van der Waals surface area contributed by atoms with E-state index in [9.17, 15) is 22.0 Å². The number of carbonyl (C=O) groups is 1. The molecule has 0 atom stereocenters. The summed E-state index contributed by atoms with van der Waals surface area (Å²) in [4.78, 5) is 11.7. The van der Waals surface area contributed by atoms with Crippen LogP contribution >= 0.6 is 0 Å². The van der Waals surface area contributed by atoms with Crippen LogP contribution in [-0.2, 0) is 10.0 Å². The van der Waals surface area contributed by atoms with Gasteiger partial charge in [0, 0.05) is 22.9 Å². The molecule has 0 saturated carbocycles. The molecule has 0 heterocycles. The Labute approximate surface area is 149 Å². The molecule has 0 aromatic heterocycles. The normalized spacial score (nSPS) is 11.2. The first-order valence-corrected chi connectivity index (χ1v) is 9.03. The van der Waals surface area contributed by atoms with Crippen LogP contribution in [0.4, 0.5) is 14.5 Å². The molecule has 0 aliphatic rings. The first-order chi connectivity index (χ1) is 12.4. The number of sulfonamides is 1. The summed E-state index contributed by atoms with van der Waals surface area (Å²) in [6, 6.07) is 16.6. The molecule has 0 radical (unpaired) electrons. The number of hydrogen-bond donors (Lipinski definition) is 1. The highest BCUT2D eigenvalue weighted by molar-refractivity contribution is 7.92. The van der Waals surface area contributed by atoms with Gasteiger partial charge in [-0.2, -0.15) is 0 Å². The average Bonchev–Trinajstić information content (AvgIpc) is 2.62. The minimum atomic E-state index is -4.22. The van der Waals surface area contributed by atoms with Gasteiger partial charge in [0.05, 0.1) is 0 Å². The minimum Gasteiger partial charge on any atom is -0.289 e. The van der Waals surface area contributed by atoms with Crippen LogP contribution in [0.3, 0.4) is 0 Å². The van der Waals surface area contributed by atoms with E-state index in [1.807, 2.05) is 0 Å². The van der Waals surface area contributed by atoms with E-state index in [2.05, 4.69) is 4.72 Å². The van der Waals surface area contributed by atoms with Crippen molar-refractivity contribution < 1.29 is 22.0 Å². The maximum Gasteiger partial charge on any atom is 0.264 e. The largest absolute Gasteiger partial charge is 0.289 e. The van der Waals surface area contributed by atoms with Crippen molar-refractivity contribution in [1.29, 1.82) is 0 Å². The van der Waals surface area contributed by atoms with Gasteiger partial charge >= 0.3 is 0 Å². The van der Waals surface area contributed by atoms with E-state index in [4.69, 9.17) is 0 Å². The SMILES string of the molecule is O=C(c1ccccc1)c1ccc(NS(=O)(=O)c2ccc(F)cc2F)cc1. The van der Waals surface area contributed by atoms with Crippen LogP contribution in [0, 0.1) is 11.6 Å². The monoisotopic (exact) mass is 373 g/mol. The topological polar surface area (TPSA) is 63.2 Å². The van der Waals surface area contributed by atoms with Crippen molar-refractivity contribution in [1.82, 2.24) is 0 Å². The Morgan fingerprint density at radius 2 is 1.42 bits per heavy atom. The van der Waals surface area contributed by atoms with Gasteiger partial charge in [0.25, 0.3) is 10.0 Å². The average molecular weight is 373 g/mol.